The second kappa shape index (κ2) is 6.16. The predicted molar refractivity (Wildman–Crippen MR) is 90.9 cm³/mol. The van der Waals surface area contributed by atoms with Gasteiger partial charge < -0.3 is 9.64 Å². The molecule has 1 spiro atoms. The highest BCUT2D eigenvalue weighted by Crippen LogP contribution is 2.31. The highest BCUT2D eigenvalue weighted by molar-refractivity contribution is 5.70. The van der Waals surface area contributed by atoms with E-state index in [4.69, 9.17) is 14.8 Å². The van der Waals surface area contributed by atoms with Crippen molar-refractivity contribution in [2.24, 2.45) is 0 Å². The lowest BCUT2D eigenvalue weighted by molar-refractivity contribution is -0.125. The van der Waals surface area contributed by atoms with Crippen molar-refractivity contribution in [2.45, 2.75) is 32.0 Å². The Morgan fingerprint density at radius 3 is 2.72 bits per heavy atom. The lowest BCUT2D eigenvalue weighted by Crippen LogP contribution is -2.63. The van der Waals surface area contributed by atoms with Crippen molar-refractivity contribution >= 4 is 6.09 Å². The van der Waals surface area contributed by atoms with Crippen LogP contribution < -0.4 is 5.48 Å². The molecule has 1 aromatic rings. The van der Waals surface area contributed by atoms with Gasteiger partial charge in [-0.15, -0.1) is 0 Å². The Morgan fingerprint density at radius 2 is 2.04 bits per heavy atom. The minimum Gasteiger partial charge on any atom is -0.444 e. The zero-order chi connectivity index (χ0) is 18.1. The van der Waals surface area contributed by atoms with Crippen LogP contribution in [0.2, 0.25) is 0 Å². The maximum absolute atomic E-state index is 12.0. The second-order valence-electron chi connectivity index (χ2n) is 7.11. The number of benzene rings is 1. The van der Waals surface area contributed by atoms with Gasteiger partial charge in [0.15, 0.2) is 5.60 Å². The normalized spacial score (nSPS) is 17.5. The van der Waals surface area contributed by atoms with E-state index in [0.29, 0.717) is 24.4 Å². The standard InChI is InChI=1S/C19H19N3O3/c1-18(2,3)24-17(23)22-12-19(13-22)10-16(21-25-19)8-7-14-5-4-6-15(9-14)11-20/h4-6,9-10,21H,12-13H2,1-3H3. The van der Waals surface area contributed by atoms with Crippen LogP contribution in [0.5, 0.6) is 0 Å². The molecule has 1 N–H and O–H groups in total. The molecule has 0 saturated carbocycles. The number of hydrogen-bond acceptors (Lipinski definition) is 5. The van der Waals surface area contributed by atoms with Gasteiger partial charge in [-0.25, -0.2) is 4.79 Å². The summed E-state index contributed by atoms with van der Waals surface area (Å²) < 4.78 is 5.33. The van der Waals surface area contributed by atoms with Crippen LogP contribution in [-0.4, -0.2) is 35.3 Å². The zero-order valence-electron chi connectivity index (χ0n) is 14.4. The Bertz CT molecular complexity index is 828. The Kier molecular flexibility index (Phi) is 4.16. The molecule has 0 aliphatic carbocycles. The van der Waals surface area contributed by atoms with Gasteiger partial charge in [-0.2, -0.15) is 5.26 Å². The number of nitrogens with zero attached hydrogens (tertiary/aromatic N) is 2. The minimum absolute atomic E-state index is 0.344. The molecule has 0 aromatic heterocycles. The summed E-state index contributed by atoms with van der Waals surface area (Å²) in [6.45, 7) is 6.35. The first kappa shape index (κ1) is 16.9. The third-order valence-corrected chi connectivity index (χ3v) is 3.67. The summed E-state index contributed by atoms with van der Waals surface area (Å²) >= 11 is 0. The average molecular weight is 337 g/mol. The molecular formula is C19H19N3O3. The number of carbonyl (C=O) groups is 1. The summed E-state index contributed by atoms with van der Waals surface area (Å²) in [4.78, 5) is 19.2. The zero-order valence-corrected chi connectivity index (χ0v) is 14.4. The van der Waals surface area contributed by atoms with Gasteiger partial charge in [0.25, 0.3) is 0 Å². The molecule has 0 bridgehead atoms. The molecule has 1 saturated heterocycles. The van der Waals surface area contributed by atoms with Crippen molar-refractivity contribution in [3.63, 3.8) is 0 Å². The van der Waals surface area contributed by atoms with Crippen LogP contribution in [0.4, 0.5) is 4.79 Å². The number of hydroxylamine groups is 1. The van der Waals surface area contributed by atoms with Crippen molar-refractivity contribution in [2.75, 3.05) is 13.1 Å². The van der Waals surface area contributed by atoms with Crippen LogP contribution in [0.3, 0.4) is 0 Å². The number of ether oxygens (including phenoxy) is 1. The Morgan fingerprint density at radius 1 is 1.32 bits per heavy atom. The molecule has 6 heteroatoms. The van der Waals surface area contributed by atoms with Gasteiger partial charge in [-0.05, 0) is 51.0 Å². The van der Waals surface area contributed by atoms with E-state index in [2.05, 4.69) is 23.4 Å². The van der Waals surface area contributed by atoms with Gasteiger partial charge in [-0.1, -0.05) is 12.0 Å². The summed E-state index contributed by atoms with van der Waals surface area (Å²) in [6, 6.07) is 9.18. The van der Waals surface area contributed by atoms with Gasteiger partial charge >= 0.3 is 6.09 Å². The largest absolute Gasteiger partial charge is 0.444 e. The number of allylic oxidation sites excluding steroid dienone is 1. The van der Waals surface area contributed by atoms with E-state index in [1.54, 1.807) is 23.1 Å². The third kappa shape index (κ3) is 3.93. The van der Waals surface area contributed by atoms with Gasteiger partial charge in [0, 0.05) is 5.56 Å². The Balaban J connectivity index is 1.62. The Hall–Kier alpha value is -2.96. The number of amides is 1. The quantitative estimate of drug-likeness (QED) is 0.736. The summed E-state index contributed by atoms with van der Waals surface area (Å²) in [5.41, 5.74) is 3.71. The first-order chi connectivity index (χ1) is 11.8. The summed E-state index contributed by atoms with van der Waals surface area (Å²) in [7, 11) is 0. The van der Waals surface area contributed by atoms with E-state index in [-0.39, 0.29) is 6.09 Å². The van der Waals surface area contributed by atoms with Crippen molar-refractivity contribution in [1.29, 1.82) is 5.26 Å². The van der Waals surface area contributed by atoms with Crippen LogP contribution in [0, 0.1) is 23.2 Å². The van der Waals surface area contributed by atoms with E-state index in [1.807, 2.05) is 32.9 Å². The maximum atomic E-state index is 12.0. The smallest absolute Gasteiger partial charge is 0.410 e. The van der Waals surface area contributed by atoms with Gasteiger partial charge in [-0.3, -0.25) is 10.3 Å². The number of nitrogens with one attached hydrogen (secondary N) is 1. The second-order valence-corrected chi connectivity index (χ2v) is 7.11. The summed E-state index contributed by atoms with van der Waals surface area (Å²) in [6.07, 6.45) is 1.54. The molecule has 128 valence electrons. The molecule has 6 nitrogen and oxygen atoms in total. The number of rotatable bonds is 0. The van der Waals surface area contributed by atoms with Crippen LogP contribution in [-0.2, 0) is 9.57 Å². The molecule has 3 rings (SSSR count). The Labute approximate surface area is 147 Å². The molecule has 0 atom stereocenters. The molecule has 0 unspecified atom stereocenters. The topological polar surface area (TPSA) is 74.6 Å². The monoisotopic (exact) mass is 337 g/mol. The van der Waals surface area contributed by atoms with Crippen LogP contribution in [0.15, 0.2) is 36.0 Å². The SMILES string of the molecule is CC(C)(C)OC(=O)N1CC2(C=C(C#Cc3cccc(C#N)c3)NO2)C1. The summed E-state index contributed by atoms with van der Waals surface area (Å²) in [5, 5.41) is 8.91. The average Bonchev–Trinajstić information content (AvgIpc) is 2.95. The van der Waals surface area contributed by atoms with Crippen LogP contribution in [0.25, 0.3) is 0 Å². The van der Waals surface area contributed by atoms with Crippen LogP contribution >= 0.6 is 0 Å². The van der Waals surface area contributed by atoms with E-state index < -0.39 is 11.2 Å². The van der Waals surface area contributed by atoms with E-state index in [9.17, 15) is 4.79 Å². The van der Waals surface area contributed by atoms with Crippen molar-refractivity contribution in [1.82, 2.24) is 10.4 Å². The minimum atomic E-state index is -0.546. The van der Waals surface area contributed by atoms with Gasteiger partial charge in [0.05, 0.1) is 24.7 Å². The lowest BCUT2D eigenvalue weighted by Gasteiger charge is -2.44. The first-order valence-corrected chi connectivity index (χ1v) is 7.96. The van der Waals surface area contributed by atoms with Gasteiger partial charge in [0.2, 0.25) is 0 Å². The van der Waals surface area contributed by atoms with Gasteiger partial charge in [0.1, 0.15) is 11.3 Å². The molecule has 2 aliphatic heterocycles. The van der Waals surface area contributed by atoms with E-state index in [0.717, 1.165) is 5.56 Å². The fraction of sp³-hybridized carbons (Fsp3) is 0.368. The fourth-order valence-corrected chi connectivity index (χ4v) is 2.56. The molecule has 25 heavy (non-hydrogen) atoms. The van der Waals surface area contributed by atoms with Crippen LogP contribution in [0.1, 0.15) is 31.9 Å². The van der Waals surface area contributed by atoms with E-state index >= 15 is 0 Å². The molecular weight excluding hydrogens is 318 g/mol. The number of hydrogen-bond donors (Lipinski definition) is 1. The molecule has 2 aliphatic rings. The lowest BCUT2D eigenvalue weighted by atomic mass is 9.94. The van der Waals surface area contributed by atoms with E-state index in [1.165, 1.54) is 0 Å². The number of carbonyl (C=O) groups excluding carboxylic acids is 1. The maximum Gasteiger partial charge on any atom is 0.410 e. The number of nitriles is 1. The highest BCUT2D eigenvalue weighted by Gasteiger charge is 2.49. The highest BCUT2D eigenvalue weighted by atomic mass is 16.7. The number of likely N-dealkylation sites (tertiary alicyclic amines) is 1. The fourth-order valence-electron chi connectivity index (χ4n) is 2.56. The molecule has 2 heterocycles. The first-order valence-electron chi connectivity index (χ1n) is 7.96. The molecule has 1 fully saturated rings. The predicted octanol–water partition coefficient (Wildman–Crippen LogP) is 2.32. The third-order valence-electron chi connectivity index (χ3n) is 3.67. The molecule has 0 radical (unpaired) electrons. The molecule has 1 amide bonds. The molecule has 1 aromatic carbocycles. The van der Waals surface area contributed by atoms with Crippen molar-refractivity contribution < 1.29 is 14.4 Å². The van der Waals surface area contributed by atoms with Crippen molar-refractivity contribution in [3.05, 3.63) is 47.2 Å². The summed E-state index contributed by atoms with van der Waals surface area (Å²) in [5.74, 6) is 5.98. The van der Waals surface area contributed by atoms with Crippen molar-refractivity contribution in [3.8, 4) is 17.9 Å².